The first-order chi connectivity index (χ1) is 6.24. The number of hydrogen-bond acceptors (Lipinski definition) is 1. The van der Waals surface area contributed by atoms with Gasteiger partial charge in [0.15, 0.2) is 0 Å². The summed E-state index contributed by atoms with van der Waals surface area (Å²) in [5.41, 5.74) is 2.36. The van der Waals surface area contributed by atoms with E-state index in [4.69, 9.17) is 11.2 Å². The second-order valence-corrected chi connectivity index (χ2v) is 3.07. The van der Waals surface area contributed by atoms with Crippen LogP contribution in [0.3, 0.4) is 0 Å². The predicted octanol–water partition coefficient (Wildman–Crippen LogP) is 2.71. The Bertz CT molecular complexity index is 320. The maximum Gasteiger partial charge on any atom is 0.122 e. The molecule has 1 aromatic rings. The minimum Gasteiger partial charge on any atom is -0.492 e. The van der Waals surface area contributed by atoms with E-state index >= 15 is 0 Å². The average molecular weight is 174 g/mol. The van der Waals surface area contributed by atoms with E-state index in [1.54, 1.807) is 0 Å². The van der Waals surface area contributed by atoms with E-state index in [0.717, 1.165) is 11.3 Å². The van der Waals surface area contributed by atoms with E-state index in [1.165, 1.54) is 5.56 Å². The predicted molar refractivity (Wildman–Crippen MR) is 54.9 cm³/mol. The highest BCUT2D eigenvalue weighted by Crippen LogP contribution is 2.18. The van der Waals surface area contributed by atoms with Crippen molar-refractivity contribution in [3.63, 3.8) is 0 Å². The van der Waals surface area contributed by atoms with Crippen LogP contribution in [0.15, 0.2) is 18.2 Å². The highest BCUT2D eigenvalue weighted by atomic mass is 16.5. The van der Waals surface area contributed by atoms with E-state index in [9.17, 15) is 0 Å². The molecule has 0 atom stereocenters. The van der Waals surface area contributed by atoms with Gasteiger partial charge in [-0.05, 0) is 31.0 Å². The lowest BCUT2D eigenvalue weighted by molar-refractivity contribution is 0.325. The minimum atomic E-state index is 0.598. The molecule has 0 unspecified atom stereocenters. The molecule has 0 bridgehead atoms. The van der Waals surface area contributed by atoms with E-state index in [1.807, 2.05) is 19.9 Å². The van der Waals surface area contributed by atoms with E-state index in [0.29, 0.717) is 13.0 Å². The molecule has 0 saturated carbocycles. The van der Waals surface area contributed by atoms with Crippen LogP contribution in [0.4, 0.5) is 0 Å². The molecular formula is C12H14O. The fraction of sp³-hybridized carbons (Fsp3) is 0.333. The Hall–Kier alpha value is -1.42. The van der Waals surface area contributed by atoms with Crippen molar-refractivity contribution in [2.24, 2.45) is 0 Å². The van der Waals surface area contributed by atoms with Gasteiger partial charge in [0.05, 0.1) is 6.61 Å². The van der Waals surface area contributed by atoms with Gasteiger partial charge in [0.1, 0.15) is 5.75 Å². The first kappa shape index (κ1) is 9.67. The summed E-state index contributed by atoms with van der Waals surface area (Å²) < 4.78 is 5.52. The van der Waals surface area contributed by atoms with E-state index in [2.05, 4.69) is 18.1 Å². The van der Waals surface area contributed by atoms with Crippen molar-refractivity contribution in [2.45, 2.75) is 20.3 Å². The Kier molecular flexibility index (Phi) is 3.40. The third-order valence-corrected chi connectivity index (χ3v) is 1.85. The van der Waals surface area contributed by atoms with Gasteiger partial charge in [-0.3, -0.25) is 0 Å². The SMILES string of the molecule is C#CCCOc1cc(C)ccc1C. The number of ether oxygens (including phenoxy) is 1. The number of terminal acetylenes is 1. The van der Waals surface area contributed by atoms with E-state index < -0.39 is 0 Å². The summed E-state index contributed by atoms with van der Waals surface area (Å²) in [5, 5.41) is 0. The molecule has 0 N–H and O–H groups in total. The molecule has 0 fully saturated rings. The number of aryl methyl sites for hydroxylation is 2. The van der Waals surface area contributed by atoms with Gasteiger partial charge in [0.2, 0.25) is 0 Å². The normalized spacial score (nSPS) is 9.31. The van der Waals surface area contributed by atoms with Crippen LogP contribution in [-0.4, -0.2) is 6.61 Å². The van der Waals surface area contributed by atoms with Crippen LogP contribution in [0.2, 0.25) is 0 Å². The quantitative estimate of drug-likeness (QED) is 0.505. The lowest BCUT2D eigenvalue weighted by Crippen LogP contribution is -1.97. The van der Waals surface area contributed by atoms with Gasteiger partial charge in [-0.2, -0.15) is 0 Å². The zero-order chi connectivity index (χ0) is 9.68. The summed E-state index contributed by atoms with van der Waals surface area (Å²) in [6.07, 6.45) is 5.79. The standard InChI is InChI=1S/C12H14O/c1-4-5-8-13-12-9-10(2)6-7-11(12)3/h1,6-7,9H,5,8H2,2-3H3. The third kappa shape index (κ3) is 2.83. The molecule has 0 aliphatic carbocycles. The molecule has 0 aromatic heterocycles. The Labute approximate surface area is 79.7 Å². The number of hydrogen-bond donors (Lipinski definition) is 0. The first-order valence-corrected chi connectivity index (χ1v) is 4.37. The van der Waals surface area contributed by atoms with Crippen molar-refractivity contribution >= 4 is 0 Å². The molecule has 0 aliphatic rings. The van der Waals surface area contributed by atoms with Crippen molar-refractivity contribution in [3.8, 4) is 18.1 Å². The molecule has 0 aliphatic heterocycles. The molecule has 0 saturated heterocycles. The minimum absolute atomic E-state index is 0.598. The lowest BCUT2D eigenvalue weighted by atomic mass is 10.1. The maximum absolute atomic E-state index is 5.52. The fourth-order valence-electron chi connectivity index (χ4n) is 1.08. The van der Waals surface area contributed by atoms with Crippen molar-refractivity contribution in [3.05, 3.63) is 29.3 Å². The molecule has 0 radical (unpaired) electrons. The van der Waals surface area contributed by atoms with Gasteiger partial charge < -0.3 is 4.74 Å². The third-order valence-electron chi connectivity index (χ3n) is 1.85. The summed E-state index contributed by atoms with van der Waals surface area (Å²) in [7, 11) is 0. The molecule has 1 aromatic carbocycles. The zero-order valence-corrected chi connectivity index (χ0v) is 8.13. The Balaban J connectivity index is 2.65. The van der Waals surface area contributed by atoms with Crippen molar-refractivity contribution < 1.29 is 4.74 Å². The van der Waals surface area contributed by atoms with Crippen LogP contribution in [0.5, 0.6) is 5.75 Å². The second-order valence-electron chi connectivity index (χ2n) is 3.07. The summed E-state index contributed by atoms with van der Waals surface area (Å²) in [6.45, 7) is 4.68. The summed E-state index contributed by atoms with van der Waals surface area (Å²) in [4.78, 5) is 0. The topological polar surface area (TPSA) is 9.23 Å². The number of benzene rings is 1. The van der Waals surface area contributed by atoms with Crippen LogP contribution >= 0.6 is 0 Å². The van der Waals surface area contributed by atoms with E-state index in [-0.39, 0.29) is 0 Å². The molecule has 1 rings (SSSR count). The van der Waals surface area contributed by atoms with Crippen LogP contribution < -0.4 is 4.74 Å². The average Bonchev–Trinajstić information content (AvgIpc) is 2.11. The second kappa shape index (κ2) is 4.57. The van der Waals surface area contributed by atoms with Gasteiger partial charge >= 0.3 is 0 Å². The molecule has 1 heteroatoms. The lowest BCUT2D eigenvalue weighted by Gasteiger charge is -2.07. The van der Waals surface area contributed by atoms with Gasteiger partial charge in [-0.25, -0.2) is 0 Å². The Morgan fingerprint density at radius 1 is 1.38 bits per heavy atom. The number of rotatable bonds is 3. The molecule has 0 heterocycles. The molecule has 1 nitrogen and oxygen atoms in total. The summed E-state index contributed by atoms with van der Waals surface area (Å²) in [5.74, 6) is 3.49. The van der Waals surface area contributed by atoms with Crippen molar-refractivity contribution in [1.29, 1.82) is 0 Å². The molecule has 68 valence electrons. The zero-order valence-electron chi connectivity index (χ0n) is 8.13. The molecule has 0 spiro atoms. The molecular weight excluding hydrogens is 160 g/mol. The van der Waals surface area contributed by atoms with Crippen LogP contribution in [0.1, 0.15) is 17.5 Å². The summed E-state index contributed by atoms with van der Waals surface area (Å²) in [6, 6.07) is 6.16. The first-order valence-electron chi connectivity index (χ1n) is 4.37. The smallest absolute Gasteiger partial charge is 0.122 e. The highest BCUT2D eigenvalue weighted by Gasteiger charge is 1.98. The fourth-order valence-corrected chi connectivity index (χ4v) is 1.08. The van der Waals surface area contributed by atoms with Gasteiger partial charge in [-0.1, -0.05) is 12.1 Å². The van der Waals surface area contributed by atoms with Crippen molar-refractivity contribution in [2.75, 3.05) is 6.61 Å². The van der Waals surface area contributed by atoms with Crippen LogP contribution in [0, 0.1) is 26.2 Å². The van der Waals surface area contributed by atoms with Crippen molar-refractivity contribution in [1.82, 2.24) is 0 Å². The van der Waals surface area contributed by atoms with Crippen LogP contribution in [0.25, 0.3) is 0 Å². The van der Waals surface area contributed by atoms with Crippen LogP contribution in [-0.2, 0) is 0 Å². The Morgan fingerprint density at radius 3 is 2.85 bits per heavy atom. The van der Waals surface area contributed by atoms with Gasteiger partial charge in [-0.15, -0.1) is 12.3 Å². The molecule has 0 amide bonds. The highest BCUT2D eigenvalue weighted by molar-refractivity contribution is 5.35. The summed E-state index contributed by atoms with van der Waals surface area (Å²) >= 11 is 0. The monoisotopic (exact) mass is 174 g/mol. The maximum atomic E-state index is 5.52. The van der Waals surface area contributed by atoms with Gasteiger partial charge in [0, 0.05) is 6.42 Å². The largest absolute Gasteiger partial charge is 0.492 e. The Morgan fingerprint density at radius 2 is 2.15 bits per heavy atom. The van der Waals surface area contributed by atoms with Gasteiger partial charge in [0.25, 0.3) is 0 Å². The molecule has 13 heavy (non-hydrogen) atoms.